The summed E-state index contributed by atoms with van der Waals surface area (Å²) in [4.78, 5) is 23.7. The van der Waals surface area contributed by atoms with Gasteiger partial charge in [0.05, 0.1) is 24.1 Å². The van der Waals surface area contributed by atoms with E-state index < -0.39 is 0 Å². The summed E-state index contributed by atoms with van der Waals surface area (Å²) in [7, 11) is 0. The Labute approximate surface area is 186 Å². The van der Waals surface area contributed by atoms with Crippen molar-refractivity contribution in [2.75, 3.05) is 13.1 Å². The molecule has 0 atom stereocenters. The normalized spacial score (nSPS) is 10.8. The molecule has 0 spiro atoms. The molecule has 32 heavy (non-hydrogen) atoms. The molecule has 1 aromatic carbocycles. The highest BCUT2D eigenvalue weighted by Gasteiger charge is 2.19. The van der Waals surface area contributed by atoms with Gasteiger partial charge >= 0.3 is 0 Å². The van der Waals surface area contributed by atoms with E-state index >= 15 is 0 Å². The van der Waals surface area contributed by atoms with Gasteiger partial charge in [-0.3, -0.25) is 19.4 Å². The van der Waals surface area contributed by atoms with Gasteiger partial charge in [0, 0.05) is 36.6 Å². The Balaban J connectivity index is 1.51. The quantitative estimate of drug-likeness (QED) is 0.430. The maximum atomic E-state index is 13.4. The molecule has 162 valence electrons. The number of pyridine rings is 2. The Bertz CT molecular complexity index is 1200. The first kappa shape index (κ1) is 21.4. The first-order valence-electron chi connectivity index (χ1n) is 10.5. The minimum absolute atomic E-state index is 0.0376. The van der Waals surface area contributed by atoms with Crippen LogP contribution in [-0.4, -0.2) is 43.6 Å². The van der Waals surface area contributed by atoms with Crippen LogP contribution in [0.2, 0.25) is 0 Å². The van der Waals surface area contributed by atoms with Crippen molar-refractivity contribution < 1.29 is 9.18 Å². The molecule has 0 saturated carbocycles. The minimum atomic E-state index is -0.383. The largest absolute Gasteiger partial charge is 0.337 e. The van der Waals surface area contributed by atoms with Crippen LogP contribution in [0.1, 0.15) is 22.8 Å². The second-order valence-corrected chi connectivity index (χ2v) is 7.47. The molecule has 0 radical (unpaired) electrons. The average Bonchev–Trinajstić information content (AvgIpc) is 3.29. The molecule has 6 nitrogen and oxygen atoms in total. The second kappa shape index (κ2) is 9.51. The summed E-state index contributed by atoms with van der Waals surface area (Å²) >= 11 is 0. The molecule has 0 N–H and O–H groups in total. The molecule has 7 heteroatoms. The molecule has 1 amide bonds. The smallest absolute Gasteiger partial charge is 0.254 e. The molecule has 0 aliphatic rings. The third-order valence-corrected chi connectivity index (χ3v) is 5.24. The topological polar surface area (TPSA) is 63.9 Å². The van der Waals surface area contributed by atoms with Crippen molar-refractivity contribution in [3.63, 3.8) is 0 Å². The molecule has 4 aromatic rings. The molecular weight excluding hydrogens is 405 g/mol. The van der Waals surface area contributed by atoms with E-state index in [0.29, 0.717) is 36.6 Å². The summed E-state index contributed by atoms with van der Waals surface area (Å²) in [6.45, 7) is 5.55. The van der Waals surface area contributed by atoms with E-state index in [-0.39, 0.29) is 11.7 Å². The van der Waals surface area contributed by atoms with Crippen LogP contribution in [0.25, 0.3) is 22.6 Å². The van der Waals surface area contributed by atoms with Crippen LogP contribution in [0, 0.1) is 12.7 Å². The molecule has 0 saturated heterocycles. The highest BCUT2D eigenvalue weighted by molar-refractivity contribution is 6.00. The minimum Gasteiger partial charge on any atom is -0.337 e. The number of amides is 1. The van der Waals surface area contributed by atoms with E-state index in [1.807, 2.05) is 62.5 Å². The number of aryl methyl sites for hydroxylation is 1. The zero-order valence-electron chi connectivity index (χ0n) is 18.1. The van der Waals surface area contributed by atoms with Gasteiger partial charge in [-0.15, -0.1) is 0 Å². The molecule has 0 aliphatic heterocycles. The first-order chi connectivity index (χ1) is 15.5. The number of halogens is 1. The van der Waals surface area contributed by atoms with Crippen molar-refractivity contribution >= 4 is 5.91 Å². The van der Waals surface area contributed by atoms with Crippen molar-refractivity contribution in [3.05, 3.63) is 90.1 Å². The fraction of sp³-hybridized carbons (Fsp3) is 0.200. The molecule has 0 bridgehead atoms. The van der Waals surface area contributed by atoms with E-state index in [1.54, 1.807) is 21.8 Å². The maximum absolute atomic E-state index is 13.4. The van der Waals surface area contributed by atoms with Crippen molar-refractivity contribution in [2.24, 2.45) is 0 Å². The predicted molar refractivity (Wildman–Crippen MR) is 121 cm³/mol. The lowest BCUT2D eigenvalue weighted by molar-refractivity contribution is 0.0758. The van der Waals surface area contributed by atoms with E-state index in [1.165, 1.54) is 12.3 Å². The zero-order chi connectivity index (χ0) is 22.5. The molecule has 3 aromatic heterocycles. The van der Waals surface area contributed by atoms with Gasteiger partial charge in [-0.2, -0.15) is 5.10 Å². The number of carbonyl (C=O) groups excluding carboxylic acids is 1. The highest BCUT2D eigenvalue weighted by atomic mass is 19.1. The number of aromatic nitrogens is 4. The Hall–Kier alpha value is -3.87. The zero-order valence-corrected chi connectivity index (χ0v) is 18.1. The standard InChI is InChI=1S/C25H24FN5O/c1-3-30(14-15-31-13-11-24(29-31)23-10-8-19(26)17-28-23)25(32)21-16-18(2)7-9-20(21)22-6-4-5-12-27-22/h4-13,16-17H,3,14-15H2,1-2H3. The number of likely N-dealkylation sites (N-methyl/N-ethyl adjacent to an activating group) is 1. The lowest BCUT2D eigenvalue weighted by atomic mass is 10.00. The molecule has 3 heterocycles. The Morgan fingerprint density at radius 3 is 2.62 bits per heavy atom. The van der Waals surface area contributed by atoms with E-state index in [9.17, 15) is 9.18 Å². The summed E-state index contributed by atoms with van der Waals surface area (Å²) in [5.41, 5.74) is 4.53. The molecule has 4 rings (SSSR count). The number of carbonyl (C=O) groups is 1. The Morgan fingerprint density at radius 1 is 1.03 bits per heavy atom. The van der Waals surface area contributed by atoms with Gasteiger partial charge in [-0.25, -0.2) is 4.39 Å². The van der Waals surface area contributed by atoms with Gasteiger partial charge in [0.2, 0.25) is 0 Å². The third-order valence-electron chi connectivity index (χ3n) is 5.24. The van der Waals surface area contributed by atoms with E-state index in [2.05, 4.69) is 15.1 Å². The fourth-order valence-corrected chi connectivity index (χ4v) is 3.53. The van der Waals surface area contributed by atoms with Gasteiger partial charge in [-0.05, 0) is 50.2 Å². The van der Waals surface area contributed by atoms with Crippen molar-refractivity contribution in [1.29, 1.82) is 0 Å². The Morgan fingerprint density at radius 2 is 1.91 bits per heavy atom. The number of benzene rings is 1. The molecular formula is C25H24FN5O. The summed E-state index contributed by atoms with van der Waals surface area (Å²) in [6.07, 6.45) is 4.74. The van der Waals surface area contributed by atoms with Gasteiger partial charge in [-0.1, -0.05) is 23.8 Å². The van der Waals surface area contributed by atoms with E-state index in [0.717, 1.165) is 16.8 Å². The lowest BCUT2D eigenvalue weighted by Gasteiger charge is -2.22. The van der Waals surface area contributed by atoms with Crippen molar-refractivity contribution in [3.8, 4) is 22.6 Å². The van der Waals surface area contributed by atoms with Crippen LogP contribution in [0.5, 0.6) is 0 Å². The molecule has 0 aliphatic carbocycles. The summed E-state index contributed by atoms with van der Waals surface area (Å²) in [6, 6.07) is 16.3. The SMILES string of the molecule is CCN(CCn1ccc(-c2ccc(F)cn2)n1)C(=O)c1cc(C)ccc1-c1ccccn1. The van der Waals surface area contributed by atoms with Gasteiger partial charge in [0.1, 0.15) is 11.5 Å². The Kier molecular flexibility index (Phi) is 6.35. The lowest BCUT2D eigenvalue weighted by Crippen LogP contribution is -2.34. The van der Waals surface area contributed by atoms with Crippen LogP contribution < -0.4 is 0 Å². The van der Waals surface area contributed by atoms with Crippen molar-refractivity contribution in [2.45, 2.75) is 20.4 Å². The number of hydrogen-bond donors (Lipinski definition) is 0. The van der Waals surface area contributed by atoms with Crippen LogP contribution in [0.3, 0.4) is 0 Å². The first-order valence-corrected chi connectivity index (χ1v) is 10.5. The monoisotopic (exact) mass is 429 g/mol. The van der Waals surface area contributed by atoms with Crippen LogP contribution in [0.4, 0.5) is 4.39 Å². The number of nitrogens with zero attached hydrogens (tertiary/aromatic N) is 5. The van der Waals surface area contributed by atoms with Gasteiger partial charge < -0.3 is 4.90 Å². The predicted octanol–water partition coefficient (Wildman–Crippen LogP) is 4.62. The highest BCUT2D eigenvalue weighted by Crippen LogP contribution is 2.24. The number of rotatable bonds is 7. The van der Waals surface area contributed by atoms with Gasteiger partial charge in [0.25, 0.3) is 5.91 Å². The third kappa shape index (κ3) is 4.72. The van der Waals surface area contributed by atoms with Crippen molar-refractivity contribution in [1.82, 2.24) is 24.6 Å². The summed E-state index contributed by atoms with van der Waals surface area (Å²) in [5.74, 6) is -0.420. The summed E-state index contributed by atoms with van der Waals surface area (Å²) in [5, 5.41) is 4.51. The second-order valence-electron chi connectivity index (χ2n) is 7.47. The summed E-state index contributed by atoms with van der Waals surface area (Å²) < 4.78 is 14.9. The van der Waals surface area contributed by atoms with Crippen LogP contribution in [-0.2, 0) is 6.54 Å². The number of hydrogen-bond acceptors (Lipinski definition) is 4. The van der Waals surface area contributed by atoms with E-state index in [4.69, 9.17) is 0 Å². The van der Waals surface area contributed by atoms with Gasteiger partial charge in [0.15, 0.2) is 0 Å². The molecule has 0 unspecified atom stereocenters. The average molecular weight is 429 g/mol. The van der Waals surface area contributed by atoms with Crippen LogP contribution in [0.15, 0.2) is 73.2 Å². The van der Waals surface area contributed by atoms with Crippen LogP contribution >= 0.6 is 0 Å². The molecule has 0 fully saturated rings. The fourth-order valence-electron chi connectivity index (χ4n) is 3.53. The maximum Gasteiger partial charge on any atom is 0.254 e.